The summed E-state index contributed by atoms with van der Waals surface area (Å²) in [6.07, 6.45) is 8.33. The zero-order valence-electron chi connectivity index (χ0n) is 8.43. The van der Waals surface area contributed by atoms with E-state index in [0.717, 1.165) is 18.4 Å². The third kappa shape index (κ3) is 4.68. The minimum atomic E-state index is 0.627. The number of nitrogens with one attached hydrogen (secondary N) is 1. The average molecular weight is 202 g/mol. The van der Waals surface area contributed by atoms with Crippen LogP contribution in [-0.2, 0) is 0 Å². The van der Waals surface area contributed by atoms with Crippen LogP contribution in [0.5, 0.6) is 0 Å². The third-order valence-corrected chi connectivity index (χ3v) is 2.93. The van der Waals surface area contributed by atoms with E-state index in [1.165, 1.54) is 25.8 Å². The maximum atomic E-state index is 5.51. The highest BCUT2D eigenvalue weighted by atomic mass is 35.5. The van der Waals surface area contributed by atoms with E-state index in [0.29, 0.717) is 5.88 Å². The molecule has 2 atom stereocenters. The summed E-state index contributed by atoms with van der Waals surface area (Å²) in [7, 11) is 0. The van der Waals surface area contributed by atoms with Gasteiger partial charge in [0.15, 0.2) is 0 Å². The Hall–Kier alpha value is -0.0100. The second-order valence-corrected chi connectivity index (χ2v) is 4.38. The summed E-state index contributed by atoms with van der Waals surface area (Å²) in [5.41, 5.74) is 0. The number of hydrogen-bond donors (Lipinski definition) is 1. The van der Waals surface area contributed by atoms with E-state index in [1.54, 1.807) is 0 Å². The van der Waals surface area contributed by atoms with Gasteiger partial charge in [-0.05, 0) is 31.2 Å². The highest BCUT2D eigenvalue weighted by Gasteiger charge is 2.20. The Bertz CT molecular complexity index is 156. The largest absolute Gasteiger partial charge is 0.313 e. The number of hydrogen-bond acceptors (Lipinski definition) is 1. The van der Waals surface area contributed by atoms with Crippen molar-refractivity contribution in [2.75, 3.05) is 19.0 Å². The van der Waals surface area contributed by atoms with E-state index in [9.17, 15) is 0 Å². The normalized spacial score (nSPS) is 28.8. The van der Waals surface area contributed by atoms with Crippen molar-refractivity contribution in [2.24, 2.45) is 11.8 Å². The maximum Gasteiger partial charge on any atom is 0.0404 e. The molecule has 0 radical (unpaired) electrons. The van der Waals surface area contributed by atoms with Gasteiger partial charge in [-0.25, -0.2) is 0 Å². The van der Waals surface area contributed by atoms with E-state index in [1.807, 2.05) is 6.08 Å². The quantitative estimate of drug-likeness (QED) is 0.410. The summed E-state index contributed by atoms with van der Waals surface area (Å²) in [6, 6.07) is 0. The van der Waals surface area contributed by atoms with Crippen LogP contribution in [0.4, 0.5) is 0 Å². The molecule has 0 amide bonds. The first kappa shape index (κ1) is 11.1. The first-order chi connectivity index (χ1) is 6.33. The molecule has 13 heavy (non-hydrogen) atoms. The molecule has 0 aromatic carbocycles. The van der Waals surface area contributed by atoms with Crippen molar-refractivity contribution in [2.45, 2.75) is 26.2 Å². The Balaban J connectivity index is 1.97. The van der Waals surface area contributed by atoms with Crippen molar-refractivity contribution in [3.63, 3.8) is 0 Å². The summed E-state index contributed by atoms with van der Waals surface area (Å²) in [5, 5.41) is 3.44. The maximum absolute atomic E-state index is 5.51. The van der Waals surface area contributed by atoms with Gasteiger partial charge in [0, 0.05) is 12.4 Å². The van der Waals surface area contributed by atoms with Crippen molar-refractivity contribution in [3.05, 3.63) is 12.2 Å². The van der Waals surface area contributed by atoms with Gasteiger partial charge in [0.05, 0.1) is 0 Å². The fourth-order valence-electron chi connectivity index (χ4n) is 2.03. The summed E-state index contributed by atoms with van der Waals surface area (Å²) in [5.74, 6) is 2.49. The molecule has 2 unspecified atom stereocenters. The molecule has 0 saturated heterocycles. The molecule has 1 fully saturated rings. The second kappa shape index (κ2) is 6.44. The molecule has 0 aromatic rings. The SMILES string of the molecule is CC1CCC(CNC/C=C/CCl)C1. The van der Waals surface area contributed by atoms with E-state index in [4.69, 9.17) is 11.6 Å². The number of allylic oxidation sites excluding steroid dienone is 1. The molecule has 1 rings (SSSR count). The number of alkyl halides is 1. The molecule has 1 N–H and O–H groups in total. The minimum Gasteiger partial charge on any atom is -0.313 e. The van der Waals surface area contributed by atoms with Crippen LogP contribution in [0, 0.1) is 11.8 Å². The molecule has 2 heteroatoms. The Kier molecular flexibility index (Phi) is 5.49. The van der Waals surface area contributed by atoms with Gasteiger partial charge in [-0.2, -0.15) is 0 Å². The fourth-order valence-corrected chi connectivity index (χ4v) is 2.15. The molecule has 0 heterocycles. The lowest BCUT2D eigenvalue weighted by atomic mass is 10.1. The average Bonchev–Trinajstić information content (AvgIpc) is 2.51. The van der Waals surface area contributed by atoms with Crippen LogP contribution in [0.15, 0.2) is 12.2 Å². The molecule has 0 aliphatic heterocycles. The predicted molar refractivity (Wildman–Crippen MR) is 59.2 cm³/mol. The molecule has 76 valence electrons. The summed E-state index contributed by atoms with van der Waals surface area (Å²) in [4.78, 5) is 0. The molecule has 1 aliphatic rings. The first-order valence-corrected chi connectivity index (χ1v) is 5.78. The van der Waals surface area contributed by atoms with Crippen molar-refractivity contribution in [3.8, 4) is 0 Å². The van der Waals surface area contributed by atoms with Crippen LogP contribution in [-0.4, -0.2) is 19.0 Å². The van der Waals surface area contributed by atoms with E-state index < -0.39 is 0 Å². The Labute approximate surface area is 86.5 Å². The first-order valence-electron chi connectivity index (χ1n) is 5.24. The third-order valence-electron chi connectivity index (χ3n) is 2.75. The minimum absolute atomic E-state index is 0.627. The monoisotopic (exact) mass is 201 g/mol. The van der Waals surface area contributed by atoms with Crippen molar-refractivity contribution >= 4 is 11.6 Å². The van der Waals surface area contributed by atoms with Gasteiger partial charge in [-0.15, -0.1) is 11.6 Å². The molecular weight excluding hydrogens is 182 g/mol. The topological polar surface area (TPSA) is 12.0 Å². The molecule has 0 spiro atoms. The molecule has 1 nitrogen and oxygen atoms in total. The van der Waals surface area contributed by atoms with Crippen LogP contribution < -0.4 is 5.32 Å². The van der Waals surface area contributed by atoms with E-state index in [-0.39, 0.29) is 0 Å². The van der Waals surface area contributed by atoms with Crippen molar-refractivity contribution < 1.29 is 0 Å². The van der Waals surface area contributed by atoms with Crippen LogP contribution in [0.3, 0.4) is 0 Å². The molecule has 1 aliphatic carbocycles. The van der Waals surface area contributed by atoms with Gasteiger partial charge in [0.25, 0.3) is 0 Å². The van der Waals surface area contributed by atoms with E-state index in [2.05, 4.69) is 18.3 Å². The smallest absolute Gasteiger partial charge is 0.0404 e. The zero-order chi connectivity index (χ0) is 9.52. The second-order valence-electron chi connectivity index (χ2n) is 4.07. The van der Waals surface area contributed by atoms with Gasteiger partial charge in [0.1, 0.15) is 0 Å². The molecule has 1 saturated carbocycles. The highest BCUT2D eigenvalue weighted by Crippen LogP contribution is 2.29. The van der Waals surface area contributed by atoms with Gasteiger partial charge < -0.3 is 5.32 Å². The van der Waals surface area contributed by atoms with Crippen molar-refractivity contribution in [1.29, 1.82) is 0 Å². The van der Waals surface area contributed by atoms with Gasteiger partial charge in [0.2, 0.25) is 0 Å². The lowest BCUT2D eigenvalue weighted by Crippen LogP contribution is -2.21. The lowest BCUT2D eigenvalue weighted by Gasteiger charge is -2.09. The lowest BCUT2D eigenvalue weighted by molar-refractivity contribution is 0.483. The van der Waals surface area contributed by atoms with Crippen LogP contribution >= 0.6 is 11.6 Å². The molecular formula is C11H20ClN. The van der Waals surface area contributed by atoms with Crippen LogP contribution in [0.25, 0.3) is 0 Å². The van der Waals surface area contributed by atoms with Crippen LogP contribution in [0.2, 0.25) is 0 Å². The Morgan fingerprint density at radius 2 is 2.23 bits per heavy atom. The highest BCUT2D eigenvalue weighted by molar-refractivity contribution is 6.18. The Morgan fingerprint density at radius 1 is 1.38 bits per heavy atom. The fraction of sp³-hybridized carbons (Fsp3) is 0.818. The van der Waals surface area contributed by atoms with Crippen LogP contribution in [0.1, 0.15) is 26.2 Å². The molecule has 0 bridgehead atoms. The molecule has 0 aromatic heterocycles. The summed E-state index contributed by atoms with van der Waals surface area (Å²) >= 11 is 5.51. The van der Waals surface area contributed by atoms with E-state index >= 15 is 0 Å². The summed E-state index contributed by atoms with van der Waals surface area (Å²) in [6.45, 7) is 4.50. The van der Waals surface area contributed by atoms with Gasteiger partial charge >= 0.3 is 0 Å². The number of rotatable bonds is 5. The standard InChI is InChI=1S/C11H20ClN/c1-10-4-5-11(8-10)9-13-7-3-2-6-12/h2-3,10-11,13H,4-9H2,1H3/b3-2+. The summed E-state index contributed by atoms with van der Waals surface area (Å²) < 4.78 is 0. The predicted octanol–water partition coefficient (Wildman–Crippen LogP) is 2.81. The van der Waals surface area contributed by atoms with Crippen molar-refractivity contribution in [1.82, 2.24) is 5.32 Å². The zero-order valence-corrected chi connectivity index (χ0v) is 9.19. The Morgan fingerprint density at radius 3 is 2.85 bits per heavy atom. The van der Waals surface area contributed by atoms with Gasteiger partial charge in [-0.1, -0.05) is 25.5 Å². The van der Waals surface area contributed by atoms with Gasteiger partial charge in [-0.3, -0.25) is 0 Å². The number of halogens is 1.